The van der Waals surface area contributed by atoms with Gasteiger partial charge in [0.15, 0.2) is 0 Å². The summed E-state index contributed by atoms with van der Waals surface area (Å²) in [6.07, 6.45) is 0. The van der Waals surface area contributed by atoms with Crippen molar-refractivity contribution in [1.82, 2.24) is 10.9 Å². The topological polar surface area (TPSA) is 99.8 Å². The monoisotopic (exact) mass is 460 g/mol. The Morgan fingerprint density at radius 1 is 1.03 bits per heavy atom. The minimum absolute atomic E-state index is 0.308. The standard InChI is InChI=1S/C23H32N4O4S/c1-15(2)18-6-10-20(11-7-18)27(32(29,30)23-16(3)25-26-17(23)4)14-22(28)24-19-8-12-21(31-5)13-9-19/h6-13,15-17,23,25-26H,14H2,1-5H3,(H,24,28). The summed E-state index contributed by atoms with van der Waals surface area (Å²) in [5.41, 5.74) is 8.11. The van der Waals surface area contributed by atoms with Crippen LogP contribution in [-0.4, -0.2) is 45.3 Å². The molecule has 1 aliphatic heterocycles. The van der Waals surface area contributed by atoms with Gasteiger partial charge >= 0.3 is 0 Å². The lowest BCUT2D eigenvalue weighted by Crippen LogP contribution is -2.49. The number of benzene rings is 2. The van der Waals surface area contributed by atoms with Crippen molar-refractivity contribution in [2.24, 2.45) is 0 Å². The molecular weight excluding hydrogens is 428 g/mol. The first-order valence-corrected chi connectivity index (χ1v) is 12.2. The van der Waals surface area contributed by atoms with Crippen LogP contribution < -0.4 is 25.2 Å². The first-order chi connectivity index (χ1) is 15.1. The molecule has 1 aliphatic rings. The molecule has 2 aromatic carbocycles. The molecular formula is C23H32N4O4S. The number of ether oxygens (including phenoxy) is 1. The van der Waals surface area contributed by atoms with Crippen LogP contribution in [0.4, 0.5) is 11.4 Å². The number of carbonyl (C=O) groups excluding carboxylic acids is 1. The average molecular weight is 461 g/mol. The summed E-state index contributed by atoms with van der Waals surface area (Å²) in [5, 5.41) is 2.06. The normalized spacial score (nSPS) is 20.9. The Morgan fingerprint density at radius 2 is 1.59 bits per heavy atom. The highest BCUT2D eigenvalue weighted by Crippen LogP contribution is 2.27. The van der Waals surface area contributed by atoms with E-state index in [4.69, 9.17) is 4.74 Å². The van der Waals surface area contributed by atoms with Gasteiger partial charge < -0.3 is 10.1 Å². The van der Waals surface area contributed by atoms with Crippen LogP contribution in [0, 0.1) is 0 Å². The number of anilines is 2. The number of amides is 1. The first-order valence-electron chi connectivity index (χ1n) is 10.7. The number of sulfonamides is 1. The van der Waals surface area contributed by atoms with Crippen molar-refractivity contribution < 1.29 is 17.9 Å². The minimum Gasteiger partial charge on any atom is -0.497 e. The fourth-order valence-corrected chi connectivity index (χ4v) is 6.06. The summed E-state index contributed by atoms with van der Waals surface area (Å²) < 4.78 is 33.7. The Bertz CT molecular complexity index is 1010. The summed E-state index contributed by atoms with van der Waals surface area (Å²) >= 11 is 0. The minimum atomic E-state index is -3.86. The molecule has 2 unspecified atom stereocenters. The molecule has 32 heavy (non-hydrogen) atoms. The third-order valence-electron chi connectivity index (χ3n) is 5.68. The number of nitrogens with zero attached hydrogens (tertiary/aromatic N) is 1. The summed E-state index contributed by atoms with van der Waals surface area (Å²) in [4.78, 5) is 12.9. The first kappa shape index (κ1) is 24.0. The fraction of sp³-hybridized carbons (Fsp3) is 0.435. The molecule has 8 nitrogen and oxygen atoms in total. The molecule has 3 rings (SSSR count). The Morgan fingerprint density at radius 3 is 2.09 bits per heavy atom. The van der Waals surface area contributed by atoms with Gasteiger partial charge in [-0.3, -0.25) is 20.0 Å². The molecule has 0 bridgehead atoms. The van der Waals surface area contributed by atoms with Gasteiger partial charge in [0.1, 0.15) is 17.5 Å². The number of rotatable bonds is 8. The molecule has 2 aromatic rings. The highest BCUT2D eigenvalue weighted by molar-refractivity contribution is 7.93. The van der Waals surface area contributed by atoms with Crippen LogP contribution in [0.2, 0.25) is 0 Å². The molecule has 0 saturated carbocycles. The quantitative estimate of drug-likeness (QED) is 0.560. The van der Waals surface area contributed by atoms with E-state index >= 15 is 0 Å². The highest BCUT2D eigenvalue weighted by atomic mass is 32.2. The van der Waals surface area contributed by atoms with Crippen molar-refractivity contribution in [2.45, 2.75) is 50.9 Å². The van der Waals surface area contributed by atoms with Crippen molar-refractivity contribution in [3.05, 3.63) is 54.1 Å². The van der Waals surface area contributed by atoms with Crippen LogP contribution in [0.25, 0.3) is 0 Å². The highest BCUT2D eigenvalue weighted by Gasteiger charge is 2.44. The largest absolute Gasteiger partial charge is 0.497 e. The van der Waals surface area contributed by atoms with Gasteiger partial charge in [-0.25, -0.2) is 8.42 Å². The summed E-state index contributed by atoms with van der Waals surface area (Å²) in [5.74, 6) is 0.559. The SMILES string of the molecule is COc1ccc(NC(=O)CN(c2ccc(C(C)C)cc2)S(=O)(=O)C2C(C)NNC2C)cc1. The van der Waals surface area contributed by atoms with Gasteiger partial charge in [0.25, 0.3) is 0 Å². The lowest BCUT2D eigenvalue weighted by atomic mass is 10.0. The predicted octanol–water partition coefficient (Wildman–Crippen LogP) is 2.85. The molecule has 1 saturated heterocycles. The lowest BCUT2D eigenvalue weighted by Gasteiger charge is -2.30. The van der Waals surface area contributed by atoms with Crippen LogP contribution in [0.3, 0.4) is 0 Å². The van der Waals surface area contributed by atoms with Gasteiger partial charge in [-0.05, 0) is 61.7 Å². The fourth-order valence-electron chi connectivity index (χ4n) is 3.88. The van der Waals surface area contributed by atoms with Gasteiger partial charge in [-0.15, -0.1) is 0 Å². The van der Waals surface area contributed by atoms with Gasteiger partial charge in [0.2, 0.25) is 15.9 Å². The molecule has 174 valence electrons. The predicted molar refractivity (Wildman–Crippen MR) is 127 cm³/mol. The van der Waals surface area contributed by atoms with Crippen LogP contribution in [-0.2, 0) is 14.8 Å². The molecule has 1 fully saturated rings. The Labute approximate surface area is 190 Å². The number of carbonyl (C=O) groups is 1. The van der Waals surface area contributed by atoms with E-state index in [1.807, 2.05) is 26.0 Å². The van der Waals surface area contributed by atoms with Crippen LogP contribution >= 0.6 is 0 Å². The van der Waals surface area contributed by atoms with Gasteiger partial charge in [-0.1, -0.05) is 26.0 Å². The summed E-state index contributed by atoms with van der Waals surface area (Å²) in [6, 6.07) is 13.6. The molecule has 0 aliphatic carbocycles. The Balaban J connectivity index is 1.89. The van der Waals surface area contributed by atoms with E-state index in [1.165, 1.54) is 4.31 Å². The second kappa shape index (κ2) is 9.89. The second-order valence-corrected chi connectivity index (χ2v) is 10.4. The second-order valence-electron chi connectivity index (χ2n) is 8.41. The Hall–Kier alpha value is -2.62. The number of hydrogen-bond donors (Lipinski definition) is 3. The molecule has 1 heterocycles. The van der Waals surface area contributed by atoms with E-state index in [0.29, 0.717) is 23.0 Å². The van der Waals surface area contributed by atoms with Gasteiger partial charge in [-0.2, -0.15) is 0 Å². The maximum Gasteiger partial charge on any atom is 0.245 e. The zero-order chi connectivity index (χ0) is 23.5. The molecule has 1 amide bonds. The van der Waals surface area contributed by atoms with E-state index < -0.39 is 21.2 Å². The summed E-state index contributed by atoms with van der Waals surface area (Å²) in [6.45, 7) is 7.45. The van der Waals surface area contributed by atoms with Gasteiger partial charge in [0.05, 0.1) is 12.8 Å². The maximum absolute atomic E-state index is 13.7. The molecule has 0 radical (unpaired) electrons. The van der Waals surface area contributed by atoms with E-state index in [2.05, 4.69) is 30.0 Å². The third kappa shape index (κ3) is 5.23. The zero-order valence-electron chi connectivity index (χ0n) is 19.1. The Kier molecular flexibility index (Phi) is 7.43. The number of methoxy groups -OCH3 is 1. The third-order valence-corrected chi connectivity index (χ3v) is 8.14. The molecule has 9 heteroatoms. The van der Waals surface area contributed by atoms with Crippen LogP contribution in [0.5, 0.6) is 5.75 Å². The summed E-state index contributed by atoms with van der Waals surface area (Å²) in [7, 11) is -2.29. The van der Waals surface area contributed by atoms with Crippen molar-refractivity contribution in [1.29, 1.82) is 0 Å². The van der Waals surface area contributed by atoms with Crippen molar-refractivity contribution in [3.63, 3.8) is 0 Å². The molecule has 0 aromatic heterocycles. The van der Waals surface area contributed by atoms with E-state index in [-0.39, 0.29) is 18.6 Å². The van der Waals surface area contributed by atoms with Crippen molar-refractivity contribution in [3.8, 4) is 5.75 Å². The number of nitrogens with one attached hydrogen (secondary N) is 3. The van der Waals surface area contributed by atoms with Crippen LogP contribution in [0.15, 0.2) is 48.5 Å². The average Bonchev–Trinajstić information content (AvgIpc) is 3.11. The van der Waals surface area contributed by atoms with Gasteiger partial charge in [0, 0.05) is 17.8 Å². The maximum atomic E-state index is 13.7. The lowest BCUT2D eigenvalue weighted by molar-refractivity contribution is -0.114. The molecule has 0 spiro atoms. The number of hydrogen-bond acceptors (Lipinski definition) is 6. The van der Waals surface area contributed by atoms with Crippen molar-refractivity contribution in [2.75, 3.05) is 23.3 Å². The zero-order valence-corrected chi connectivity index (χ0v) is 19.9. The number of hydrazine groups is 1. The van der Waals surface area contributed by atoms with E-state index in [9.17, 15) is 13.2 Å². The molecule has 2 atom stereocenters. The van der Waals surface area contributed by atoms with Crippen LogP contribution in [0.1, 0.15) is 39.2 Å². The van der Waals surface area contributed by atoms with E-state index in [0.717, 1.165) is 5.56 Å². The molecule has 3 N–H and O–H groups in total. The van der Waals surface area contributed by atoms with E-state index in [1.54, 1.807) is 43.5 Å². The van der Waals surface area contributed by atoms with Crippen molar-refractivity contribution >= 4 is 27.3 Å². The smallest absolute Gasteiger partial charge is 0.245 e.